The Kier molecular flexibility index (Phi) is 6.87. The predicted octanol–water partition coefficient (Wildman–Crippen LogP) is 3.97. The number of benzene rings is 1. The molecule has 1 N–H and O–H groups in total. The molecule has 9 heteroatoms. The summed E-state index contributed by atoms with van der Waals surface area (Å²) in [5, 5.41) is 3.82. The molecule has 3 heterocycles. The Morgan fingerprint density at radius 1 is 1.17 bits per heavy atom. The molecule has 36 heavy (non-hydrogen) atoms. The lowest BCUT2D eigenvalue weighted by atomic mass is 9.83. The van der Waals surface area contributed by atoms with Gasteiger partial charge in [0.05, 0.1) is 22.4 Å². The van der Waals surface area contributed by atoms with Gasteiger partial charge in [0, 0.05) is 38.1 Å². The number of ether oxygens (including phenoxy) is 1. The lowest BCUT2D eigenvalue weighted by Crippen LogP contribution is -2.19. The Hall–Kier alpha value is -2.78. The molecule has 2 unspecified atom stereocenters. The Bertz CT molecular complexity index is 1440. The van der Waals surface area contributed by atoms with Gasteiger partial charge in [-0.1, -0.05) is 19.1 Å². The van der Waals surface area contributed by atoms with Gasteiger partial charge in [-0.25, -0.2) is 18.4 Å². The molecule has 1 saturated heterocycles. The third-order valence-corrected chi connectivity index (χ3v) is 8.61. The first-order valence-electron chi connectivity index (χ1n) is 12.7. The summed E-state index contributed by atoms with van der Waals surface area (Å²) in [5.74, 6) is 1.38. The number of nitrogens with zero attached hydrogens (tertiary/aromatic N) is 3. The molecule has 2 aliphatic rings. The highest BCUT2D eigenvalue weighted by Crippen LogP contribution is 2.33. The first-order chi connectivity index (χ1) is 17.2. The molecular formula is C27H34N4O4S. The van der Waals surface area contributed by atoms with E-state index in [0.717, 1.165) is 50.9 Å². The van der Waals surface area contributed by atoms with Crippen molar-refractivity contribution < 1.29 is 13.2 Å². The largest absolute Gasteiger partial charge is 0.381 e. The van der Waals surface area contributed by atoms with Crippen LogP contribution in [-0.2, 0) is 28.0 Å². The number of sulfone groups is 1. The van der Waals surface area contributed by atoms with E-state index in [-0.39, 0.29) is 5.56 Å². The van der Waals surface area contributed by atoms with Crippen molar-refractivity contribution in [3.05, 3.63) is 46.5 Å². The molecule has 0 spiro atoms. The van der Waals surface area contributed by atoms with Crippen molar-refractivity contribution in [3.63, 3.8) is 0 Å². The molecular weight excluding hydrogens is 476 g/mol. The van der Waals surface area contributed by atoms with Gasteiger partial charge in [0.1, 0.15) is 11.2 Å². The van der Waals surface area contributed by atoms with Crippen molar-refractivity contribution in [1.29, 1.82) is 0 Å². The first kappa shape index (κ1) is 24.9. The lowest BCUT2D eigenvalue weighted by molar-refractivity contribution is 0.138. The summed E-state index contributed by atoms with van der Waals surface area (Å²) in [6, 6.07) is 7.65. The van der Waals surface area contributed by atoms with Crippen molar-refractivity contribution in [2.75, 3.05) is 24.8 Å². The van der Waals surface area contributed by atoms with Crippen molar-refractivity contribution >= 4 is 26.6 Å². The Labute approximate surface area is 212 Å². The lowest BCUT2D eigenvalue weighted by Gasteiger charge is -2.23. The molecule has 192 valence electrons. The maximum absolute atomic E-state index is 12.9. The minimum atomic E-state index is -3.46. The summed E-state index contributed by atoms with van der Waals surface area (Å²) in [4.78, 5) is 22.4. The van der Waals surface area contributed by atoms with E-state index in [2.05, 4.69) is 17.2 Å². The van der Waals surface area contributed by atoms with Gasteiger partial charge in [0.15, 0.2) is 9.84 Å². The molecule has 0 amide bonds. The van der Waals surface area contributed by atoms with Gasteiger partial charge < -0.3 is 14.6 Å². The Balaban J connectivity index is 1.54. The highest BCUT2D eigenvalue weighted by atomic mass is 32.2. The van der Waals surface area contributed by atoms with Crippen LogP contribution >= 0.6 is 0 Å². The van der Waals surface area contributed by atoms with Gasteiger partial charge in [0.25, 0.3) is 5.56 Å². The Morgan fingerprint density at radius 2 is 1.97 bits per heavy atom. The quantitative estimate of drug-likeness (QED) is 0.513. The topological polar surface area (TPSA) is 103 Å². The number of nitrogens with one attached hydrogen (secondary N) is 1. The molecule has 1 aliphatic carbocycles. The van der Waals surface area contributed by atoms with E-state index in [1.165, 1.54) is 17.2 Å². The summed E-state index contributed by atoms with van der Waals surface area (Å²) in [5.41, 5.74) is 2.51. The highest BCUT2D eigenvalue weighted by Gasteiger charge is 2.25. The molecule has 2 atom stereocenters. The fourth-order valence-corrected chi connectivity index (χ4v) is 6.10. The number of fused-ring (bicyclic) bond motifs is 1. The first-order valence-corrected chi connectivity index (χ1v) is 14.6. The van der Waals surface area contributed by atoms with Crippen LogP contribution in [0, 0.1) is 11.8 Å². The van der Waals surface area contributed by atoms with E-state index < -0.39 is 9.84 Å². The van der Waals surface area contributed by atoms with Gasteiger partial charge in [-0.3, -0.25) is 4.79 Å². The molecule has 8 nitrogen and oxygen atoms in total. The highest BCUT2D eigenvalue weighted by molar-refractivity contribution is 7.90. The number of aryl methyl sites for hydroxylation is 1. The van der Waals surface area contributed by atoms with Gasteiger partial charge in [0.2, 0.25) is 0 Å². The van der Waals surface area contributed by atoms with Crippen LogP contribution < -0.4 is 10.9 Å². The van der Waals surface area contributed by atoms with Crippen LogP contribution in [0.5, 0.6) is 0 Å². The fraction of sp³-hybridized carbons (Fsp3) is 0.519. The smallest absolute Gasteiger partial charge is 0.264 e. The standard InChI is InChI=1S/C27H34N4O4S/c1-17(18-5-4-11-35-12-10-18)13-20-7-6-19(14-24(20)36(3,33)34)22-15-23-25(27(32)31(2)16-28-23)26(30-22)29-21-8-9-21/h6-7,14-18,21H,4-5,8-13H2,1-3H3,(H,29,30). The van der Waals surface area contributed by atoms with E-state index in [4.69, 9.17) is 9.72 Å². The average Bonchev–Trinajstić information content (AvgIpc) is 3.68. The van der Waals surface area contributed by atoms with Gasteiger partial charge in [-0.2, -0.15) is 0 Å². The third kappa shape index (κ3) is 5.32. The summed E-state index contributed by atoms with van der Waals surface area (Å²) in [6.45, 7) is 3.79. The van der Waals surface area contributed by atoms with E-state index in [1.54, 1.807) is 19.2 Å². The predicted molar refractivity (Wildman–Crippen MR) is 141 cm³/mol. The van der Waals surface area contributed by atoms with E-state index >= 15 is 0 Å². The maximum Gasteiger partial charge on any atom is 0.264 e. The number of aromatic nitrogens is 3. The van der Waals surface area contributed by atoms with Crippen LogP contribution in [0.4, 0.5) is 5.82 Å². The second-order valence-corrected chi connectivity index (χ2v) is 12.4. The summed E-state index contributed by atoms with van der Waals surface area (Å²) in [6.07, 6.45) is 8.70. The van der Waals surface area contributed by atoms with Crippen molar-refractivity contribution in [2.45, 2.75) is 56.4 Å². The van der Waals surface area contributed by atoms with Crippen LogP contribution in [0.15, 0.2) is 40.3 Å². The molecule has 1 saturated carbocycles. The van der Waals surface area contributed by atoms with E-state index in [9.17, 15) is 13.2 Å². The van der Waals surface area contributed by atoms with Gasteiger partial charge in [-0.15, -0.1) is 0 Å². The molecule has 2 fully saturated rings. The summed E-state index contributed by atoms with van der Waals surface area (Å²) in [7, 11) is -1.79. The molecule has 1 aromatic carbocycles. The second-order valence-electron chi connectivity index (χ2n) is 10.4. The maximum atomic E-state index is 12.9. The minimum absolute atomic E-state index is 0.160. The molecule has 0 radical (unpaired) electrons. The zero-order valence-electron chi connectivity index (χ0n) is 21.2. The number of hydrogen-bond acceptors (Lipinski definition) is 7. The van der Waals surface area contributed by atoms with E-state index in [0.29, 0.717) is 57.2 Å². The summed E-state index contributed by atoms with van der Waals surface area (Å²) < 4.78 is 32.8. The number of pyridine rings is 1. The van der Waals surface area contributed by atoms with E-state index in [1.807, 2.05) is 12.1 Å². The fourth-order valence-electron chi connectivity index (χ4n) is 5.13. The monoisotopic (exact) mass is 510 g/mol. The second kappa shape index (κ2) is 9.94. The average molecular weight is 511 g/mol. The number of hydrogen-bond donors (Lipinski definition) is 1. The molecule has 3 aromatic rings. The molecule has 2 aromatic heterocycles. The SMILES string of the molecule is CC(Cc1ccc(-c2cc3ncn(C)c(=O)c3c(NC3CC3)n2)cc1S(C)(=O)=O)C1CCCOCC1. The summed E-state index contributed by atoms with van der Waals surface area (Å²) >= 11 is 0. The van der Waals surface area contributed by atoms with Crippen LogP contribution in [0.2, 0.25) is 0 Å². The molecule has 5 rings (SSSR count). The van der Waals surface area contributed by atoms with Crippen LogP contribution in [-0.4, -0.2) is 48.5 Å². The third-order valence-electron chi connectivity index (χ3n) is 7.43. The molecule has 1 aliphatic heterocycles. The normalized spacial score (nSPS) is 19.7. The van der Waals surface area contributed by atoms with Crippen LogP contribution in [0.3, 0.4) is 0 Å². The van der Waals surface area contributed by atoms with Crippen molar-refractivity contribution in [1.82, 2.24) is 14.5 Å². The minimum Gasteiger partial charge on any atom is -0.381 e. The molecule has 0 bridgehead atoms. The van der Waals surface area contributed by atoms with Crippen LogP contribution in [0.1, 0.15) is 44.6 Å². The Morgan fingerprint density at radius 3 is 2.72 bits per heavy atom. The number of rotatable bonds is 7. The van der Waals surface area contributed by atoms with Crippen molar-refractivity contribution in [3.8, 4) is 11.3 Å². The van der Waals surface area contributed by atoms with Crippen molar-refractivity contribution in [2.24, 2.45) is 18.9 Å². The zero-order valence-corrected chi connectivity index (χ0v) is 22.0. The zero-order chi connectivity index (χ0) is 25.4. The number of anilines is 1. The van der Waals surface area contributed by atoms with Gasteiger partial charge in [-0.05, 0) is 68.1 Å². The van der Waals surface area contributed by atoms with Crippen LogP contribution in [0.25, 0.3) is 22.2 Å². The van der Waals surface area contributed by atoms with Gasteiger partial charge >= 0.3 is 0 Å².